The fraction of sp³-hybridized carbons (Fsp3) is 0.400. The molecule has 1 atom stereocenters. The second kappa shape index (κ2) is 4.44. The summed E-state index contributed by atoms with van der Waals surface area (Å²) < 4.78 is 18.6. The Labute approximate surface area is 91.4 Å². The van der Waals surface area contributed by atoms with Crippen molar-refractivity contribution in [2.24, 2.45) is 0 Å². The molecule has 0 saturated carbocycles. The van der Waals surface area contributed by atoms with E-state index in [1.54, 1.807) is 0 Å². The van der Waals surface area contributed by atoms with E-state index in [1.165, 1.54) is 12.1 Å². The zero-order valence-corrected chi connectivity index (χ0v) is 8.48. The molecule has 0 spiro atoms. The Balaban J connectivity index is 2.12. The molecule has 1 heterocycles. The largest absolute Gasteiger partial charge is 0.379 e. The average molecular weight is 226 g/mol. The molecule has 0 radical (unpaired) electrons. The number of halogens is 1. The lowest BCUT2D eigenvalue weighted by Gasteiger charge is -2.12. The zero-order valence-electron chi connectivity index (χ0n) is 8.48. The van der Waals surface area contributed by atoms with Crippen LogP contribution in [0.5, 0.6) is 0 Å². The minimum absolute atomic E-state index is 0.0796. The molecule has 1 N–H and O–H groups in total. The maximum atomic E-state index is 13.5. The van der Waals surface area contributed by atoms with Crippen molar-refractivity contribution < 1.29 is 14.1 Å². The van der Waals surface area contributed by atoms with E-state index in [2.05, 4.69) is 5.32 Å². The van der Waals surface area contributed by atoms with Crippen LogP contribution in [0.4, 0.5) is 15.8 Å². The summed E-state index contributed by atoms with van der Waals surface area (Å²) in [5.74, 6) is -0.610. The first-order chi connectivity index (χ1) is 7.66. The molecule has 6 heteroatoms. The molecule has 0 aromatic heterocycles. The third kappa shape index (κ3) is 2.27. The second-order valence-electron chi connectivity index (χ2n) is 3.63. The third-order valence-electron chi connectivity index (χ3n) is 2.45. The van der Waals surface area contributed by atoms with Gasteiger partial charge in [-0.25, -0.2) is 4.39 Å². The Morgan fingerprint density at radius 3 is 2.94 bits per heavy atom. The van der Waals surface area contributed by atoms with Crippen LogP contribution in [0.1, 0.15) is 6.42 Å². The van der Waals surface area contributed by atoms with Crippen molar-refractivity contribution in [3.63, 3.8) is 0 Å². The van der Waals surface area contributed by atoms with Crippen molar-refractivity contribution >= 4 is 11.4 Å². The number of rotatable bonds is 3. The van der Waals surface area contributed by atoms with Crippen LogP contribution in [-0.2, 0) is 4.74 Å². The number of nitro groups is 1. The second-order valence-corrected chi connectivity index (χ2v) is 3.63. The summed E-state index contributed by atoms with van der Waals surface area (Å²) in [5, 5.41) is 13.4. The summed E-state index contributed by atoms with van der Waals surface area (Å²) in [4.78, 5) is 9.79. The highest BCUT2D eigenvalue weighted by atomic mass is 19.1. The van der Waals surface area contributed by atoms with Gasteiger partial charge in [-0.3, -0.25) is 10.1 Å². The van der Waals surface area contributed by atoms with E-state index in [9.17, 15) is 14.5 Å². The number of non-ortho nitro benzene ring substituents is 1. The van der Waals surface area contributed by atoms with Crippen LogP contribution in [-0.4, -0.2) is 24.2 Å². The minimum Gasteiger partial charge on any atom is -0.379 e. The number of nitro benzene ring substituents is 1. The highest BCUT2D eigenvalue weighted by Gasteiger charge is 2.18. The molecule has 0 aliphatic carbocycles. The number of anilines is 1. The number of hydrogen-bond donors (Lipinski definition) is 1. The van der Waals surface area contributed by atoms with Crippen molar-refractivity contribution in [2.75, 3.05) is 18.5 Å². The van der Waals surface area contributed by atoms with Crippen molar-refractivity contribution in [3.05, 3.63) is 34.1 Å². The summed E-state index contributed by atoms with van der Waals surface area (Å²) >= 11 is 0. The van der Waals surface area contributed by atoms with Crippen LogP contribution in [0, 0.1) is 15.9 Å². The molecule has 0 amide bonds. The smallest absolute Gasteiger partial charge is 0.272 e. The Bertz CT molecular complexity index is 405. The van der Waals surface area contributed by atoms with Crippen molar-refractivity contribution in [1.82, 2.24) is 0 Å². The lowest BCUT2D eigenvalue weighted by atomic mass is 10.2. The first-order valence-corrected chi connectivity index (χ1v) is 4.95. The fourth-order valence-corrected chi connectivity index (χ4v) is 1.60. The van der Waals surface area contributed by atoms with Crippen molar-refractivity contribution in [3.8, 4) is 0 Å². The van der Waals surface area contributed by atoms with Crippen LogP contribution < -0.4 is 5.32 Å². The molecule has 1 aliphatic rings. The first-order valence-electron chi connectivity index (χ1n) is 4.95. The SMILES string of the molecule is O=[N+]([O-])c1ccc(NC2CCOC2)c(F)c1. The van der Waals surface area contributed by atoms with E-state index < -0.39 is 10.7 Å². The van der Waals surface area contributed by atoms with Gasteiger partial charge in [0.25, 0.3) is 5.69 Å². The quantitative estimate of drug-likeness (QED) is 0.631. The minimum atomic E-state index is -0.620. The van der Waals surface area contributed by atoms with Gasteiger partial charge in [-0.15, -0.1) is 0 Å². The van der Waals surface area contributed by atoms with Crippen molar-refractivity contribution in [2.45, 2.75) is 12.5 Å². The van der Waals surface area contributed by atoms with E-state index in [1.807, 2.05) is 0 Å². The molecule has 1 aromatic carbocycles. The van der Waals surface area contributed by atoms with Gasteiger partial charge < -0.3 is 10.1 Å². The van der Waals surface area contributed by atoms with Gasteiger partial charge in [-0.05, 0) is 12.5 Å². The number of benzene rings is 1. The van der Waals surface area contributed by atoms with Crippen LogP contribution in [0.2, 0.25) is 0 Å². The van der Waals surface area contributed by atoms with Gasteiger partial charge in [0, 0.05) is 12.7 Å². The van der Waals surface area contributed by atoms with Gasteiger partial charge >= 0.3 is 0 Å². The highest BCUT2D eigenvalue weighted by Crippen LogP contribution is 2.22. The Hall–Kier alpha value is -1.69. The monoisotopic (exact) mass is 226 g/mol. The number of nitrogens with one attached hydrogen (secondary N) is 1. The molecule has 86 valence electrons. The van der Waals surface area contributed by atoms with Crippen LogP contribution in [0.3, 0.4) is 0 Å². The summed E-state index contributed by atoms with van der Waals surface area (Å²) in [6, 6.07) is 3.65. The summed E-state index contributed by atoms with van der Waals surface area (Å²) in [6.07, 6.45) is 0.816. The molecule has 1 unspecified atom stereocenters. The number of nitrogens with zero attached hydrogens (tertiary/aromatic N) is 1. The molecule has 5 nitrogen and oxygen atoms in total. The zero-order chi connectivity index (χ0) is 11.5. The molecular formula is C10H11FN2O3. The maximum Gasteiger partial charge on any atom is 0.272 e. The van der Waals surface area contributed by atoms with Crippen molar-refractivity contribution in [1.29, 1.82) is 0 Å². The highest BCUT2D eigenvalue weighted by molar-refractivity contribution is 5.50. The molecule has 1 aliphatic heterocycles. The van der Waals surface area contributed by atoms with Crippen LogP contribution in [0.25, 0.3) is 0 Å². The van der Waals surface area contributed by atoms with E-state index in [0.717, 1.165) is 12.5 Å². The van der Waals surface area contributed by atoms with Gasteiger partial charge in [-0.1, -0.05) is 0 Å². The average Bonchev–Trinajstić information content (AvgIpc) is 2.73. The van der Waals surface area contributed by atoms with Crippen LogP contribution >= 0.6 is 0 Å². The topological polar surface area (TPSA) is 64.4 Å². The molecule has 1 fully saturated rings. The Kier molecular flexibility index (Phi) is 3.00. The van der Waals surface area contributed by atoms with E-state index in [-0.39, 0.29) is 17.4 Å². The lowest BCUT2D eigenvalue weighted by molar-refractivity contribution is -0.385. The Morgan fingerprint density at radius 2 is 2.38 bits per heavy atom. The normalized spacial score (nSPS) is 19.7. The molecule has 1 saturated heterocycles. The predicted molar refractivity (Wildman–Crippen MR) is 55.9 cm³/mol. The van der Waals surface area contributed by atoms with Gasteiger partial charge in [0.15, 0.2) is 5.82 Å². The maximum absolute atomic E-state index is 13.5. The molecule has 0 bridgehead atoms. The van der Waals surface area contributed by atoms with Gasteiger partial charge in [0.1, 0.15) is 0 Å². The van der Waals surface area contributed by atoms with E-state index >= 15 is 0 Å². The Morgan fingerprint density at radius 1 is 1.56 bits per heavy atom. The van der Waals surface area contributed by atoms with E-state index in [0.29, 0.717) is 13.2 Å². The number of ether oxygens (including phenoxy) is 1. The lowest BCUT2D eigenvalue weighted by Crippen LogP contribution is -2.19. The van der Waals surface area contributed by atoms with Gasteiger partial charge in [-0.2, -0.15) is 0 Å². The molecule has 1 aromatic rings. The fourth-order valence-electron chi connectivity index (χ4n) is 1.60. The molecular weight excluding hydrogens is 215 g/mol. The standard InChI is InChI=1S/C10H11FN2O3/c11-9-5-8(13(14)15)1-2-10(9)12-7-3-4-16-6-7/h1-2,5,7,12H,3-4,6H2. The number of hydrogen-bond acceptors (Lipinski definition) is 4. The summed E-state index contributed by atoms with van der Waals surface area (Å²) in [7, 11) is 0. The summed E-state index contributed by atoms with van der Waals surface area (Å²) in [6.45, 7) is 1.20. The summed E-state index contributed by atoms with van der Waals surface area (Å²) in [5.41, 5.74) is 0.0341. The van der Waals surface area contributed by atoms with E-state index in [4.69, 9.17) is 4.74 Å². The third-order valence-corrected chi connectivity index (χ3v) is 2.45. The molecule has 2 rings (SSSR count). The van der Waals surface area contributed by atoms with Gasteiger partial charge in [0.05, 0.1) is 29.3 Å². The predicted octanol–water partition coefficient (Wildman–Crippen LogP) is 1.93. The first kappa shape index (κ1) is 10.8. The molecule has 16 heavy (non-hydrogen) atoms. The van der Waals surface area contributed by atoms with Gasteiger partial charge in [0.2, 0.25) is 0 Å². The van der Waals surface area contributed by atoms with Crippen LogP contribution in [0.15, 0.2) is 18.2 Å².